The molecule has 6 aromatic rings. The molecule has 192 valence electrons. The average Bonchev–Trinajstić information content (AvgIpc) is 3.30. The minimum absolute atomic E-state index is 0.465. The fourth-order valence-electron chi connectivity index (χ4n) is 5.51. The lowest BCUT2D eigenvalue weighted by atomic mass is 9.98. The second-order valence-corrected chi connectivity index (χ2v) is 10.0. The molecule has 0 saturated carbocycles. The summed E-state index contributed by atoms with van der Waals surface area (Å²) >= 11 is 0. The van der Waals surface area contributed by atoms with Crippen LogP contribution in [0.1, 0.15) is 5.56 Å². The third-order valence-corrected chi connectivity index (χ3v) is 7.25. The second kappa shape index (κ2) is 11.0. The van der Waals surface area contributed by atoms with E-state index >= 15 is 0 Å². The van der Waals surface area contributed by atoms with Crippen molar-refractivity contribution in [1.82, 2.24) is 4.57 Å². The fourth-order valence-corrected chi connectivity index (χ4v) is 5.51. The Labute approximate surface area is 230 Å². The number of aromatic nitrogens is 1. The number of aryl methyl sites for hydroxylation is 1. The van der Waals surface area contributed by atoms with Gasteiger partial charge in [0.05, 0.1) is 24.9 Å². The van der Waals surface area contributed by atoms with E-state index in [-0.39, 0.29) is 0 Å². The number of hydrogen-bond donors (Lipinski definition) is 1. The maximum atomic E-state index is 11.7. The summed E-state index contributed by atoms with van der Waals surface area (Å²) in [6.07, 6.45) is -0.617. The highest BCUT2D eigenvalue weighted by molar-refractivity contribution is 6.04. The number of fused-ring (bicyclic) bond motifs is 1. The van der Waals surface area contributed by atoms with Gasteiger partial charge < -0.3 is 14.6 Å². The van der Waals surface area contributed by atoms with Crippen molar-refractivity contribution in [3.8, 4) is 22.4 Å². The van der Waals surface area contributed by atoms with E-state index in [2.05, 4.69) is 120 Å². The molecule has 0 bridgehead atoms. The Balaban J connectivity index is 1.47. The normalized spacial score (nSPS) is 11.9. The van der Waals surface area contributed by atoms with E-state index in [0.717, 1.165) is 28.1 Å². The fraction of sp³-hybridized carbons (Fsp3) is 0.111. The quantitative estimate of drug-likeness (QED) is 0.223. The van der Waals surface area contributed by atoms with Gasteiger partial charge in [0.2, 0.25) is 0 Å². The largest absolute Gasteiger partial charge is 0.389 e. The van der Waals surface area contributed by atoms with Crippen molar-refractivity contribution in [2.24, 2.45) is 0 Å². The molecule has 1 heterocycles. The highest BCUT2D eigenvalue weighted by Gasteiger charge is 2.23. The molecule has 0 radical (unpaired) electrons. The monoisotopic (exact) mass is 508 g/mol. The van der Waals surface area contributed by atoms with E-state index in [0.29, 0.717) is 13.1 Å². The van der Waals surface area contributed by atoms with Gasteiger partial charge in [0.1, 0.15) is 0 Å². The molecule has 1 aromatic heterocycles. The van der Waals surface area contributed by atoms with E-state index in [1.165, 1.54) is 22.1 Å². The smallest absolute Gasteiger partial charge is 0.0898 e. The van der Waals surface area contributed by atoms with Gasteiger partial charge in [0, 0.05) is 27.8 Å². The number of aliphatic hydroxyl groups excluding tert-OH is 1. The maximum Gasteiger partial charge on any atom is 0.0898 e. The van der Waals surface area contributed by atoms with Crippen LogP contribution in [0, 0.1) is 6.92 Å². The van der Waals surface area contributed by atoms with Gasteiger partial charge in [-0.05, 0) is 54.4 Å². The van der Waals surface area contributed by atoms with Crippen molar-refractivity contribution in [3.05, 3.63) is 145 Å². The first-order valence-corrected chi connectivity index (χ1v) is 13.5. The van der Waals surface area contributed by atoms with Gasteiger partial charge in [-0.2, -0.15) is 0 Å². The Kier molecular flexibility index (Phi) is 6.99. The summed E-state index contributed by atoms with van der Waals surface area (Å²) in [5.41, 5.74) is 9.12. The lowest BCUT2D eigenvalue weighted by Gasteiger charge is -2.28. The predicted octanol–water partition coefficient (Wildman–Crippen LogP) is 8.48. The summed E-state index contributed by atoms with van der Waals surface area (Å²) < 4.78 is 2.31. The highest BCUT2D eigenvalue weighted by atomic mass is 16.3. The summed E-state index contributed by atoms with van der Waals surface area (Å²) in [4.78, 5) is 2.20. The summed E-state index contributed by atoms with van der Waals surface area (Å²) in [5, 5.41) is 12.9. The Morgan fingerprint density at radius 1 is 0.641 bits per heavy atom. The molecular weight excluding hydrogens is 476 g/mol. The van der Waals surface area contributed by atoms with Crippen molar-refractivity contribution in [1.29, 1.82) is 0 Å². The molecule has 0 saturated heterocycles. The second-order valence-electron chi connectivity index (χ2n) is 10.0. The van der Waals surface area contributed by atoms with Crippen molar-refractivity contribution in [2.45, 2.75) is 19.6 Å². The van der Waals surface area contributed by atoms with Gasteiger partial charge in [-0.25, -0.2) is 0 Å². The third kappa shape index (κ3) is 5.09. The Morgan fingerprint density at radius 2 is 1.15 bits per heavy atom. The molecule has 1 atom stereocenters. The average molecular weight is 509 g/mol. The van der Waals surface area contributed by atoms with Crippen molar-refractivity contribution in [2.75, 3.05) is 11.4 Å². The zero-order valence-electron chi connectivity index (χ0n) is 22.1. The molecule has 0 aliphatic carbocycles. The molecule has 0 amide bonds. The van der Waals surface area contributed by atoms with Crippen molar-refractivity contribution < 1.29 is 5.11 Å². The lowest BCUT2D eigenvalue weighted by molar-refractivity contribution is 0.164. The number of aliphatic hydroxyl groups is 1. The van der Waals surface area contributed by atoms with Crippen molar-refractivity contribution in [3.63, 3.8) is 0 Å². The number of benzene rings is 5. The van der Waals surface area contributed by atoms with Gasteiger partial charge in [-0.3, -0.25) is 0 Å². The Hall–Kier alpha value is -4.60. The number of rotatable bonds is 8. The SMILES string of the molecule is Cc1ccc2c(c1)c(-c1ccccc1)c(-c1ccccc1)n2C[C@@H](O)CN(c1ccccc1)c1ccccc1. The topological polar surface area (TPSA) is 28.4 Å². The molecular formula is C36H32N2O. The first-order chi connectivity index (χ1) is 19.2. The molecule has 5 aromatic carbocycles. The van der Waals surface area contributed by atoms with Gasteiger partial charge in [0.25, 0.3) is 0 Å². The number of para-hydroxylation sites is 2. The minimum atomic E-state index is -0.617. The lowest BCUT2D eigenvalue weighted by Crippen LogP contribution is -2.32. The Bertz CT molecular complexity index is 1620. The molecule has 0 unspecified atom stereocenters. The van der Waals surface area contributed by atoms with Crippen LogP contribution in [-0.4, -0.2) is 22.3 Å². The van der Waals surface area contributed by atoms with E-state index in [1.807, 2.05) is 36.4 Å². The molecule has 3 nitrogen and oxygen atoms in total. The number of hydrogen-bond acceptors (Lipinski definition) is 2. The maximum absolute atomic E-state index is 11.7. The zero-order chi connectivity index (χ0) is 26.6. The van der Waals surface area contributed by atoms with E-state index < -0.39 is 6.10 Å². The summed E-state index contributed by atoms with van der Waals surface area (Å²) in [6, 6.07) is 48.4. The van der Waals surface area contributed by atoms with Crippen LogP contribution in [0.2, 0.25) is 0 Å². The molecule has 1 N–H and O–H groups in total. The van der Waals surface area contributed by atoms with Crippen LogP contribution in [0.15, 0.2) is 140 Å². The van der Waals surface area contributed by atoms with Crippen LogP contribution < -0.4 is 4.90 Å². The van der Waals surface area contributed by atoms with Crippen LogP contribution in [0.5, 0.6) is 0 Å². The van der Waals surface area contributed by atoms with Crippen molar-refractivity contribution >= 4 is 22.3 Å². The van der Waals surface area contributed by atoms with Crippen LogP contribution >= 0.6 is 0 Å². The third-order valence-electron chi connectivity index (χ3n) is 7.25. The summed E-state index contributed by atoms with van der Waals surface area (Å²) in [5.74, 6) is 0. The van der Waals surface area contributed by atoms with Crippen LogP contribution in [0.25, 0.3) is 33.3 Å². The summed E-state index contributed by atoms with van der Waals surface area (Å²) in [6.45, 7) is 3.07. The predicted molar refractivity (Wildman–Crippen MR) is 163 cm³/mol. The Morgan fingerprint density at radius 3 is 1.72 bits per heavy atom. The van der Waals surface area contributed by atoms with Crippen LogP contribution in [-0.2, 0) is 6.54 Å². The molecule has 0 fully saturated rings. The van der Waals surface area contributed by atoms with E-state index in [1.54, 1.807) is 0 Å². The van der Waals surface area contributed by atoms with Gasteiger partial charge in [-0.15, -0.1) is 0 Å². The molecule has 39 heavy (non-hydrogen) atoms. The van der Waals surface area contributed by atoms with Gasteiger partial charge in [0.15, 0.2) is 0 Å². The summed E-state index contributed by atoms with van der Waals surface area (Å²) in [7, 11) is 0. The number of anilines is 2. The van der Waals surface area contributed by atoms with Crippen LogP contribution in [0.4, 0.5) is 11.4 Å². The van der Waals surface area contributed by atoms with E-state index in [9.17, 15) is 5.11 Å². The molecule has 6 rings (SSSR count). The first-order valence-electron chi connectivity index (χ1n) is 13.5. The highest BCUT2D eigenvalue weighted by Crippen LogP contribution is 2.41. The number of nitrogens with zero attached hydrogens (tertiary/aromatic N) is 2. The molecule has 0 aliphatic heterocycles. The minimum Gasteiger partial charge on any atom is -0.389 e. The molecule has 0 aliphatic rings. The standard InChI is InChI=1S/C36H32N2O/c1-27-22-23-34-33(24-27)35(28-14-6-2-7-15-28)36(29-16-8-3-9-17-29)38(34)26-32(39)25-37(30-18-10-4-11-19-30)31-20-12-5-13-21-31/h2-24,32,39H,25-26H2,1H3/t32-/m0/s1. The van der Waals surface area contributed by atoms with Gasteiger partial charge >= 0.3 is 0 Å². The van der Waals surface area contributed by atoms with Gasteiger partial charge in [-0.1, -0.05) is 109 Å². The zero-order valence-corrected chi connectivity index (χ0v) is 22.1. The molecule has 3 heteroatoms. The first kappa shape index (κ1) is 24.7. The van der Waals surface area contributed by atoms with E-state index in [4.69, 9.17) is 0 Å². The van der Waals surface area contributed by atoms with Crippen LogP contribution in [0.3, 0.4) is 0 Å². The molecule has 0 spiro atoms.